The smallest absolute Gasteiger partial charge is 0.273 e. The van der Waals surface area contributed by atoms with Crippen molar-refractivity contribution < 1.29 is 22.9 Å². The second-order valence-corrected chi connectivity index (χ2v) is 8.52. The maximum Gasteiger partial charge on any atom is 0.273 e. The molecular formula is C22H18N4O6S. The summed E-state index contributed by atoms with van der Waals surface area (Å²) in [5.41, 5.74) is 0.956. The van der Waals surface area contributed by atoms with Crippen molar-refractivity contribution in [2.24, 2.45) is 0 Å². The number of carbonyl (C=O) groups excluding carboxylic acids is 1. The van der Waals surface area contributed by atoms with Gasteiger partial charge in [0.25, 0.3) is 21.6 Å². The van der Waals surface area contributed by atoms with Crippen LogP contribution in [-0.4, -0.2) is 25.9 Å². The van der Waals surface area contributed by atoms with Crippen LogP contribution in [0.1, 0.15) is 11.1 Å². The zero-order chi connectivity index (χ0) is 24.0. The number of nitro benzene ring substituents is 1. The second-order valence-electron chi connectivity index (χ2n) is 6.83. The first-order chi connectivity index (χ1) is 15.7. The van der Waals surface area contributed by atoms with E-state index in [4.69, 9.17) is 10.00 Å². The van der Waals surface area contributed by atoms with Crippen LogP contribution in [0.5, 0.6) is 5.75 Å². The van der Waals surface area contributed by atoms with E-state index in [9.17, 15) is 23.3 Å². The molecule has 0 fully saturated rings. The van der Waals surface area contributed by atoms with Gasteiger partial charge in [0.2, 0.25) is 0 Å². The van der Waals surface area contributed by atoms with Crippen molar-refractivity contribution >= 4 is 33.0 Å². The molecule has 0 aliphatic rings. The normalized spacial score (nSPS) is 10.7. The molecule has 11 heteroatoms. The van der Waals surface area contributed by atoms with Crippen molar-refractivity contribution in [2.75, 3.05) is 16.6 Å². The molecule has 10 nitrogen and oxygen atoms in total. The Morgan fingerprint density at radius 1 is 1.09 bits per heavy atom. The van der Waals surface area contributed by atoms with E-state index in [2.05, 4.69) is 10.0 Å². The molecule has 168 valence electrons. The molecule has 1 amide bonds. The SMILES string of the molecule is Cc1ccc(S(=O)(=O)Nc2ccc(NC(=O)COc3ccccc3C#N)cc2)cc1[N+](=O)[O-]. The number of hydrogen-bond donors (Lipinski definition) is 2. The molecule has 0 spiro atoms. The lowest BCUT2D eigenvalue weighted by molar-refractivity contribution is -0.385. The molecule has 0 bridgehead atoms. The van der Waals surface area contributed by atoms with Crippen molar-refractivity contribution in [3.05, 3.63) is 88.0 Å². The largest absolute Gasteiger partial charge is 0.482 e. The number of ether oxygens (including phenoxy) is 1. The average Bonchev–Trinajstić information content (AvgIpc) is 2.79. The number of aryl methyl sites for hydroxylation is 1. The summed E-state index contributed by atoms with van der Waals surface area (Å²) >= 11 is 0. The monoisotopic (exact) mass is 466 g/mol. The van der Waals surface area contributed by atoms with Crippen molar-refractivity contribution in [3.63, 3.8) is 0 Å². The van der Waals surface area contributed by atoms with Crippen molar-refractivity contribution in [1.29, 1.82) is 5.26 Å². The van der Waals surface area contributed by atoms with E-state index < -0.39 is 20.9 Å². The molecule has 0 saturated heterocycles. The fourth-order valence-electron chi connectivity index (χ4n) is 2.81. The van der Waals surface area contributed by atoms with Gasteiger partial charge in [-0.1, -0.05) is 18.2 Å². The molecule has 0 heterocycles. The number of rotatable bonds is 8. The van der Waals surface area contributed by atoms with Gasteiger partial charge in [-0.2, -0.15) is 5.26 Å². The van der Waals surface area contributed by atoms with Gasteiger partial charge in [-0.3, -0.25) is 19.6 Å². The van der Waals surface area contributed by atoms with E-state index in [-0.39, 0.29) is 28.6 Å². The number of nitro groups is 1. The fraction of sp³-hybridized carbons (Fsp3) is 0.0909. The van der Waals surface area contributed by atoms with Crippen LogP contribution < -0.4 is 14.8 Å². The number of carbonyl (C=O) groups is 1. The summed E-state index contributed by atoms with van der Waals surface area (Å²) in [5.74, 6) is -0.181. The van der Waals surface area contributed by atoms with E-state index in [0.717, 1.165) is 6.07 Å². The van der Waals surface area contributed by atoms with Crippen molar-refractivity contribution in [2.45, 2.75) is 11.8 Å². The Bertz CT molecular complexity index is 1350. The van der Waals surface area contributed by atoms with Crippen LogP contribution in [0.25, 0.3) is 0 Å². The highest BCUT2D eigenvalue weighted by Crippen LogP contribution is 2.24. The number of benzene rings is 3. The number of nitriles is 1. The zero-order valence-electron chi connectivity index (χ0n) is 17.3. The molecule has 0 radical (unpaired) electrons. The summed E-state index contributed by atoms with van der Waals surface area (Å²) in [6, 6.07) is 18.0. The van der Waals surface area contributed by atoms with Gasteiger partial charge in [-0.05, 0) is 49.4 Å². The number of nitrogens with one attached hydrogen (secondary N) is 2. The third-order valence-electron chi connectivity index (χ3n) is 4.47. The molecule has 0 saturated carbocycles. The lowest BCUT2D eigenvalue weighted by Crippen LogP contribution is -2.20. The van der Waals surface area contributed by atoms with Crippen LogP contribution in [0.15, 0.2) is 71.6 Å². The van der Waals surface area contributed by atoms with Crippen molar-refractivity contribution in [3.8, 4) is 11.8 Å². The summed E-state index contributed by atoms with van der Waals surface area (Å²) in [5, 5.41) is 22.7. The van der Waals surface area contributed by atoms with Gasteiger partial charge in [0.1, 0.15) is 11.8 Å². The first-order valence-electron chi connectivity index (χ1n) is 9.49. The predicted octanol–water partition coefficient (Wildman–Crippen LogP) is 3.59. The number of hydrogen-bond acceptors (Lipinski definition) is 7. The number of sulfonamides is 1. The van der Waals surface area contributed by atoms with E-state index in [0.29, 0.717) is 16.8 Å². The second kappa shape index (κ2) is 9.80. The number of amides is 1. The molecule has 3 aromatic carbocycles. The van der Waals surface area contributed by atoms with Crippen LogP contribution in [0, 0.1) is 28.4 Å². The number of para-hydroxylation sites is 1. The number of nitrogens with zero attached hydrogens (tertiary/aromatic N) is 2. The lowest BCUT2D eigenvalue weighted by Gasteiger charge is -2.11. The topological polar surface area (TPSA) is 151 Å². The molecule has 3 rings (SSSR count). The summed E-state index contributed by atoms with van der Waals surface area (Å²) < 4.78 is 32.9. The minimum absolute atomic E-state index is 0.204. The third kappa shape index (κ3) is 5.84. The van der Waals surface area contributed by atoms with Crippen LogP contribution in [0.2, 0.25) is 0 Å². The van der Waals surface area contributed by atoms with Crippen LogP contribution in [0.4, 0.5) is 17.1 Å². The average molecular weight is 466 g/mol. The molecule has 3 aromatic rings. The zero-order valence-corrected chi connectivity index (χ0v) is 18.1. The predicted molar refractivity (Wildman–Crippen MR) is 120 cm³/mol. The van der Waals surface area contributed by atoms with E-state index >= 15 is 0 Å². The van der Waals surface area contributed by atoms with E-state index in [1.54, 1.807) is 24.3 Å². The van der Waals surface area contributed by atoms with E-state index in [1.807, 2.05) is 6.07 Å². The van der Waals surface area contributed by atoms with Gasteiger partial charge >= 0.3 is 0 Å². The molecule has 0 unspecified atom stereocenters. The van der Waals surface area contributed by atoms with Gasteiger partial charge < -0.3 is 10.1 Å². The Morgan fingerprint density at radius 2 is 1.76 bits per heavy atom. The van der Waals surface area contributed by atoms with Crippen molar-refractivity contribution in [1.82, 2.24) is 0 Å². The maximum atomic E-state index is 12.6. The lowest BCUT2D eigenvalue weighted by atomic mass is 10.2. The first kappa shape index (κ1) is 23.2. The molecule has 2 N–H and O–H groups in total. The minimum Gasteiger partial charge on any atom is -0.482 e. The van der Waals surface area contributed by atoms with Gasteiger partial charge in [-0.15, -0.1) is 0 Å². The molecule has 0 aliphatic carbocycles. The Kier molecular flexibility index (Phi) is 6.90. The first-order valence-corrected chi connectivity index (χ1v) is 11.0. The van der Waals surface area contributed by atoms with Crippen LogP contribution in [-0.2, 0) is 14.8 Å². The third-order valence-corrected chi connectivity index (χ3v) is 5.85. The Balaban J connectivity index is 1.63. The standard InChI is InChI=1S/C22H18N4O6S/c1-15-6-11-19(12-20(15)26(28)29)33(30,31)25-18-9-7-17(8-10-18)24-22(27)14-32-21-5-3-2-4-16(21)13-23/h2-12,25H,14H2,1H3,(H,24,27). The maximum absolute atomic E-state index is 12.6. The van der Waals surface area contributed by atoms with Gasteiger partial charge in [0.05, 0.1) is 15.4 Å². The molecule has 33 heavy (non-hydrogen) atoms. The fourth-order valence-corrected chi connectivity index (χ4v) is 3.89. The summed E-state index contributed by atoms with van der Waals surface area (Å²) in [4.78, 5) is 22.3. The minimum atomic E-state index is -4.06. The summed E-state index contributed by atoms with van der Waals surface area (Å²) in [6.07, 6.45) is 0. The number of anilines is 2. The highest BCUT2D eigenvalue weighted by molar-refractivity contribution is 7.92. The van der Waals surface area contributed by atoms with Gasteiger partial charge in [0, 0.05) is 23.0 Å². The Labute approximate surface area is 189 Å². The highest BCUT2D eigenvalue weighted by atomic mass is 32.2. The molecule has 0 aromatic heterocycles. The summed E-state index contributed by atoms with van der Waals surface area (Å²) in [6.45, 7) is 1.20. The molecule has 0 aliphatic heterocycles. The van der Waals surface area contributed by atoms with Crippen LogP contribution >= 0.6 is 0 Å². The van der Waals surface area contributed by atoms with Gasteiger partial charge in [0.15, 0.2) is 6.61 Å². The Hall–Kier alpha value is -4.43. The molecular weight excluding hydrogens is 448 g/mol. The van der Waals surface area contributed by atoms with Crippen LogP contribution in [0.3, 0.4) is 0 Å². The van der Waals surface area contributed by atoms with Gasteiger partial charge in [-0.25, -0.2) is 8.42 Å². The quantitative estimate of drug-likeness (QED) is 0.380. The summed E-state index contributed by atoms with van der Waals surface area (Å²) in [7, 11) is -4.06. The highest BCUT2D eigenvalue weighted by Gasteiger charge is 2.20. The molecule has 0 atom stereocenters. The Morgan fingerprint density at radius 3 is 2.42 bits per heavy atom. The van der Waals surface area contributed by atoms with E-state index in [1.165, 1.54) is 43.3 Å².